The van der Waals surface area contributed by atoms with E-state index in [1.807, 2.05) is 36.5 Å². The van der Waals surface area contributed by atoms with E-state index in [4.69, 9.17) is 9.47 Å². The topological polar surface area (TPSA) is 119 Å². The second-order valence-electron chi connectivity index (χ2n) is 9.07. The largest absolute Gasteiger partial charge is 0.476 e. The number of hydrogen-bond donors (Lipinski definition) is 2. The Morgan fingerprint density at radius 3 is 2.58 bits per heavy atom. The molecule has 0 spiro atoms. The summed E-state index contributed by atoms with van der Waals surface area (Å²) in [6.45, 7) is 9.16. The highest BCUT2D eigenvalue weighted by atomic mass is 32.1. The molecule has 1 unspecified atom stereocenters. The van der Waals surface area contributed by atoms with Crippen LogP contribution >= 0.6 is 11.3 Å². The van der Waals surface area contributed by atoms with Gasteiger partial charge in [0.1, 0.15) is 29.9 Å². The highest BCUT2D eigenvalue weighted by Gasteiger charge is 2.26. The summed E-state index contributed by atoms with van der Waals surface area (Å²) in [7, 11) is 1.53. The number of likely N-dealkylation sites (N-methyl/N-ethyl adjacent to an activating group) is 1. The molecule has 3 aromatic rings. The van der Waals surface area contributed by atoms with E-state index in [0.717, 1.165) is 10.4 Å². The molecule has 0 radical (unpaired) electrons. The fraction of sp³-hybridized carbons (Fsp3) is 0.400. The average molecular weight is 513 g/mol. The zero-order valence-electron chi connectivity index (χ0n) is 21.4. The molecule has 1 aromatic carbocycles. The van der Waals surface area contributed by atoms with Crippen molar-refractivity contribution in [1.29, 1.82) is 0 Å². The van der Waals surface area contributed by atoms with E-state index in [-0.39, 0.29) is 19.1 Å². The molecule has 2 N–H and O–H groups in total. The number of carbonyl (C=O) groups is 2. The number of nitrogens with zero attached hydrogens (tertiary/aromatic N) is 4. The number of nitrogens with one attached hydrogen (secondary N) is 2. The number of aromatic nitrogens is 3. The number of rotatable bonds is 9. The Hall–Kier alpha value is -3.73. The molecule has 3 rings (SSSR count). The van der Waals surface area contributed by atoms with E-state index >= 15 is 0 Å². The second kappa shape index (κ2) is 11.8. The quantitative estimate of drug-likeness (QED) is 0.405. The summed E-state index contributed by atoms with van der Waals surface area (Å²) in [5.74, 6) is 1.15. The van der Waals surface area contributed by atoms with E-state index in [9.17, 15) is 9.59 Å². The fourth-order valence-electron chi connectivity index (χ4n) is 3.00. The lowest BCUT2D eigenvalue weighted by molar-refractivity contribution is -0.125. The Labute approximate surface area is 215 Å². The highest BCUT2D eigenvalue weighted by molar-refractivity contribution is 7.18. The van der Waals surface area contributed by atoms with Crippen molar-refractivity contribution in [3.05, 3.63) is 48.4 Å². The fourth-order valence-corrected chi connectivity index (χ4v) is 3.83. The van der Waals surface area contributed by atoms with Crippen LogP contribution in [-0.4, -0.2) is 63.7 Å². The first-order valence-corrected chi connectivity index (χ1v) is 12.3. The van der Waals surface area contributed by atoms with Gasteiger partial charge >= 0.3 is 6.09 Å². The minimum absolute atomic E-state index is 0.194. The van der Waals surface area contributed by atoms with Gasteiger partial charge in [-0.3, -0.25) is 9.69 Å². The van der Waals surface area contributed by atoms with Crippen LogP contribution in [0.1, 0.15) is 33.5 Å². The van der Waals surface area contributed by atoms with E-state index in [1.54, 1.807) is 40.7 Å². The molecule has 0 aliphatic carbocycles. The van der Waals surface area contributed by atoms with Crippen molar-refractivity contribution in [3.8, 4) is 16.3 Å². The predicted molar refractivity (Wildman–Crippen MR) is 140 cm³/mol. The van der Waals surface area contributed by atoms with Gasteiger partial charge in [-0.1, -0.05) is 41.7 Å². The lowest BCUT2D eigenvalue weighted by Gasteiger charge is -2.28. The monoisotopic (exact) mass is 512 g/mol. The first kappa shape index (κ1) is 26.9. The molecule has 2 heterocycles. The van der Waals surface area contributed by atoms with Gasteiger partial charge < -0.3 is 20.1 Å². The third-order valence-electron chi connectivity index (χ3n) is 4.91. The first-order valence-electron chi connectivity index (χ1n) is 11.5. The Balaban J connectivity index is 1.50. The van der Waals surface area contributed by atoms with E-state index in [2.05, 4.69) is 25.6 Å². The SMILES string of the molecule is Cc1nc(Nc2ncc(-c3ccccc3)s2)cc(OCCNC(=O)C(C)N(C)C(=O)OC(C)(C)C)n1. The average Bonchev–Trinajstić information content (AvgIpc) is 3.28. The molecular weight excluding hydrogens is 480 g/mol. The Morgan fingerprint density at radius 1 is 1.17 bits per heavy atom. The van der Waals surface area contributed by atoms with E-state index in [0.29, 0.717) is 22.7 Å². The maximum Gasteiger partial charge on any atom is 0.410 e. The molecule has 0 aliphatic heterocycles. The number of thiazole rings is 1. The highest BCUT2D eigenvalue weighted by Crippen LogP contribution is 2.30. The van der Waals surface area contributed by atoms with E-state index < -0.39 is 17.7 Å². The van der Waals surface area contributed by atoms with Crippen molar-refractivity contribution in [2.24, 2.45) is 0 Å². The molecular formula is C25H32N6O4S. The minimum Gasteiger partial charge on any atom is -0.476 e. The van der Waals surface area contributed by atoms with Gasteiger partial charge in [-0.15, -0.1) is 0 Å². The van der Waals surface area contributed by atoms with Crippen LogP contribution < -0.4 is 15.4 Å². The molecule has 36 heavy (non-hydrogen) atoms. The van der Waals surface area contributed by atoms with Gasteiger partial charge in [0.05, 0.1) is 11.4 Å². The molecule has 11 heteroatoms. The van der Waals surface area contributed by atoms with Gasteiger partial charge in [0, 0.05) is 19.3 Å². The Kier molecular flexibility index (Phi) is 8.81. The first-order chi connectivity index (χ1) is 17.0. The van der Waals surface area contributed by atoms with Gasteiger partial charge in [-0.2, -0.15) is 4.98 Å². The second-order valence-corrected chi connectivity index (χ2v) is 10.1. The van der Waals surface area contributed by atoms with E-state index in [1.165, 1.54) is 23.3 Å². The molecule has 0 bridgehead atoms. The standard InChI is InChI=1S/C25H32N6O4S/c1-16(31(6)24(33)35-25(3,4)5)22(32)26-12-13-34-21-14-20(28-17(2)29-21)30-23-27-15-19(36-23)18-10-8-7-9-11-18/h7-11,14-16H,12-13H2,1-6H3,(H,26,32)(H,27,28,29,30). The molecule has 0 aliphatic rings. The number of aryl methyl sites for hydroxylation is 1. The van der Waals surface area contributed by atoms with Crippen molar-refractivity contribution in [2.75, 3.05) is 25.5 Å². The Bertz CT molecular complexity index is 1180. The van der Waals surface area contributed by atoms with Gasteiger partial charge in [0.15, 0.2) is 5.13 Å². The zero-order valence-corrected chi connectivity index (χ0v) is 22.2. The lowest BCUT2D eigenvalue weighted by atomic mass is 10.2. The number of hydrogen-bond acceptors (Lipinski definition) is 9. The minimum atomic E-state index is -0.698. The summed E-state index contributed by atoms with van der Waals surface area (Å²) in [6.07, 6.45) is 1.26. The van der Waals surface area contributed by atoms with Crippen LogP contribution in [0.15, 0.2) is 42.6 Å². The molecule has 0 fully saturated rings. The number of carbonyl (C=O) groups excluding carboxylic acids is 2. The molecule has 0 saturated heterocycles. The maximum absolute atomic E-state index is 12.4. The molecule has 2 aromatic heterocycles. The van der Waals surface area contributed by atoms with Crippen molar-refractivity contribution >= 4 is 34.3 Å². The van der Waals surface area contributed by atoms with Crippen molar-refractivity contribution in [2.45, 2.75) is 46.3 Å². The maximum atomic E-state index is 12.4. The summed E-state index contributed by atoms with van der Waals surface area (Å²) < 4.78 is 11.0. The van der Waals surface area contributed by atoms with Gasteiger partial charge in [0.25, 0.3) is 0 Å². The predicted octanol–water partition coefficient (Wildman–Crippen LogP) is 4.40. The molecule has 10 nitrogen and oxygen atoms in total. The summed E-state index contributed by atoms with van der Waals surface area (Å²) in [5.41, 5.74) is 0.460. The van der Waals surface area contributed by atoms with Gasteiger partial charge in [-0.05, 0) is 40.2 Å². The van der Waals surface area contributed by atoms with Crippen LogP contribution in [0.4, 0.5) is 15.7 Å². The van der Waals surface area contributed by atoms with Gasteiger partial charge in [0.2, 0.25) is 11.8 Å². The van der Waals surface area contributed by atoms with Gasteiger partial charge in [-0.25, -0.2) is 14.8 Å². The molecule has 1 atom stereocenters. The number of anilines is 2. The van der Waals surface area contributed by atoms with Crippen molar-refractivity contribution < 1.29 is 19.1 Å². The van der Waals surface area contributed by atoms with Crippen LogP contribution in [-0.2, 0) is 9.53 Å². The normalized spacial score (nSPS) is 11.9. The van der Waals surface area contributed by atoms with Crippen molar-refractivity contribution in [1.82, 2.24) is 25.2 Å². The number of ether oxygens (including phenoxy) is 2. The van der Waals surface area contributed by atoms with Crippen LogP contribution in [0.5, 0.6) is 5.88 Å². The summed E-state index contributed by atoms with van der Waals surface area (Å²) >= 11 is 1.52. The third kappa shape index (κ3) is 7.91. The van der Waals surface area contributed by atoms with Crippen molar-refractivity contribution in [3.63, 3.8) is 0 Å². The number of amides is 2. The molecule has 0 saturated carbocycles. The zero-order chi connectivity index (χ0) is 26.3. The summed E-state index contributed by atoms with van der Waals surface area (Å²) in [6, 6.07) is 11.0. The Morgan fingerprint density at radius 2 is 1.89 bits per heavy atom. The molecule has 2 amide bonds. The van der Waals surface area contributed by atoms with Crippen LogP contribution in [0.25, 0.3) is 10.4 Å². The van der Waals surface area contributed by atoms with Crippen LogP contribution in [0.2, 0.25) is 0 Å². The molecule has 192 valence electrons. The summed E-state index contributed by atoms with van der Waals surface area (Å²) in [4.78, 5) is 40.0. The lowest BCUT2D eigenvalue weighted by Crippen LogP contribution is -2.48. The number of benzene rings is 1. The van der Waals surface area contributed by atoms with Crippen LogP contribution in [0, 0.1) is 6.92 Å². The smallest absolute Gasteiger partial charge is 0.410 e. The van der Waals surface area contributed by atoms with Crippen LogP contribution in [0.3, 0.4) is 0 Å². The summed E-state index contributed by atoms with van der Waals surface area (Å²) in [5, 5.41) is 6.66. The third-order valence-corrected chi connectivity index (χ3v) is 5.87.